The van der Waals surface area contributed by atoms with E-state index in [1.54, 1.807) is 12.1 Å². The lowest BCUT2D eigenvalue weighted by molar-refractivity contribution is -0.130. The molecule has 7 heteroatoms. The van der Waals surface area contributed by atoms with E-state index in [2.05, 4.69) is 30.9 Å². The number of benzene rings is 1. The predicted octanol–water partition coefficient (Wildman–Crippen LogP) is 4.73. The van der Waals surface area contributed by atoms with Crippen molar-refractivity contribution in [3.63, 3.8) is 0 Å². The summed E-state index contributed by atoms with van der Waals surface area (Å²) in [5.41, 5.74) is 0.813. The average Bonchev–Trinajstić information content (AvgIpc) is 3.01. The van der Waals surface area contributed by atoms with Crippen LogP contribution in [0.5, 0.6) is 0 Å². The number of hydrogen-bond donors (Lipinski definition) is 2. The highest BCUT2D eigenvalue weighted by Gasteiger charge is 2.44. The summed E-state index contributed by atoms with van der Waals surface area (Å²) in [7, 11) is 0. The zero-order valence-corrected chi connectivity index (χ0v) is 20.8. The summed E-state index contributed by atoms with van der Waals surface area (Å²) >= 11 is 0. The predicted molar refractivity (Wildman–Crippen MR) is 130 cm³/mol. The molecular weight excluding hydrogens is 416 g/mol. The van der Waals surface area contributed by atoms with Gasteiger partial charge in [-0.3, -0.25) is 4.79 Å². The van der Waals surface area contributed by atoms with Crippen molar-refractivity contribution in [2.75, 3.05) is 6.54 Å². The molecule has 1 fully saturated rings. The first-order valence-corrected chi connectivity index (χ1v) is 12.2. The van der Waals surface area contributed by atoms with Crippen LogP contribution in [0.2, 0.25) is 0 Å². The van der Waals surface area contributed by atoms with Crippen molar-refractivity contribution >= 4 is 17.7 Å². The lowest BCUT2D eigenvalue weighted by Crippen LogP contribution is -2.47. The Morgan fingerprint density at radius 1 is 1.21 bits per heavy atom. The van der Waals surface area contributed by atoms with E-state index in [4.69, 9.17) is 10.9 Å². The second-order valence-corrected chi connectivity index (χ2v) is 11.2. The summed E-state index contributed by atoms with van der Waals surface area (Å²) in [6.45, 7) is 11.4. The van der Waals surface area contributed by atoms with E-state index in [0.717, 1.165) is 24.9 Å². The van der Waals surface area contributed by atoms with Gasteiger partial charge < -0.3 is 15.1 Å². The maximum Gasteiger partial charge on any atom is 0.356 e. The van der Waals surface area contributed by atoms with Gasteiger partial charge in [-0.25, -0.2) is 9.79 Å². The largest absolute Gasteiger partial charge is 0.370 e. The lowest BCUT2D eigenvalue weighted by Gasteiger charge is -2.38. The van der Waals surface area contributed by atoms with E-state index < -0.39 is 11.6 Å². The number of nitrogens with one attached hydrogen (secondary N) is 1. The topological polar surface area (TPSA) is 97.0 Å². The molecule has 1 amide bonds. The van der Waals surface area contributed by atoms with Gasteiger partial charge in [0.2, 0.25) is 0 Å². The highest BCUT2D eigenvalue weighted by atomic mass is 16.7. The molecule has 3 rings (SSSR count). The molecule has 1 saturated carbocycles. The van der Waals surface area contributed by atoms with Crippen LogP contribution in [-0.2, 0) is 9.63 Å². The first-order valence-electron chi connectivity index (χ1n) is 12.2. The first kappa shape index (κ1) is 25.2. The van der Waals surface area contributed by atoms with Crippen LogP contribution in [-0.4, -0.2) is 34.8 Å². The van der Waals surface area contributed by atoms with Crippen molar-refractivity contribution in [3.05, 3.63) is 35.4 Å². The Morgan fingerprint density at radius 2 is 1.85 bits per heavy atom. The summed E-state index contributed by atoms with van der Waals surface area (Å²) in [5.74, 6) is 5.46. The van der Waals surface area contributed by atoms with E-state index in [9.17, 15) is 9.59 Å². The fourth-order valence-electron chi connectivity index (χ4n) is 4.93. The molecule has 0 spiro atoms. The molecule has 1 aliphatic heterocycles. The molecule has 7 nitrogen and oxygen atoms in total. The Kier molecular flexibility index (Phi) is 7.83. The maximum atomic E-state index is 13.6. The van der Waals surface area contributed by atoms with Crippen molar-refractivity contribution in [1.29, 1.82) is 0 Å². The third-order valence-corrected chi connectivity index (χ3v) is 6.80. The van der Waals surface area contributed by atoms with Gasteiger partial charge in [0.05, 0.1) is 11.6 Å². The highest BCUT2D eigenvalue weighted by molar-refractivity contribution is 6.39. The van der Waals surface area contributed by atoms with E-state index in [0.29, 0.717) is 17.3 Å². The zero-order chi connectivity index (χ0) is 24.2. The van der Waals surface area contributed by atoms with Gasteiger partial charge in [-0.1, -0.05) is 52.2 Å². The Morgan fingerprint density at radius 3 is 2.42 bits per heavy atom. The highest BCUT2D eigenvalue weighted by Crippen LogP contribution is 2.38. The first-order chi connectivity index (χ1) is 15.5. The zero-order valence-electron chi connectivity index (χ0n) is 20.8. The molecule has 3 N–H and O–H groups in total. The van der Waals surface area contributed by atoms with Crippen molar-refractivity contribution in [1.82, 2.24) is 10.2 Å². The number of nitrogens with two attached hydrogens (primary N) is 1. The van der Waals surface area contributed by atoms with Gasteiger partial charge in [0.25, 0.3) is 5.91 Å². The number of carbonyl (C=O) groups is 2. The molecule has 182 valence electrons. The standard InChI is InChI=1S/C26H40N4O3/c1-25(2,3)16-15-21(19-11-13-20(14-12-19)24(32)33-27)30-23(31)22(29-26(30,4)5)28-17-18-9-7-6-8-10-18/h11-14,18,21H,6-10,15-17,27H2,1-5H3,(H,28,29)/t21-/m1/s1. The molecule has 0 bridgehead atoms. The minimum Gasteiger partial charge on any atom is -0.370 e. The van der Waals surface area contributed by atoms with Crippen LogP contribution in [0.1, 0.15) is 102 Å². The molecule has 0 unspecified atom stereocenters. The minimum absolute atomic E-state index is 0.0554. The second-order valence-electron chi connectivity index (χ2n) is 11.2. The van der Waals surface area contributed by atoms with Gasteiger partial charge in [0, 0.05) is 6.54 Å². The van der Waals surface area contributed by atoms with Gasteiger partial charge in [0.15, 0.2) is 5.84 Å². The lowest BCUT2D eigenvalue weighted by atomic mass is 9.86. The second kappa shape index (κ2) is 10.2. The van der Waals surface area contributed by atoms with Crippen molar-refractivity contribution in [3.8, 4) is 0 Å². The smallest absolute Gasteiger partial charge is 0.356 e. The van der Waals surface area contributed by atoms with Crippen LogP contribution >= 0.6 is 0 Å². The van der Waals surface area contributed by atoms with Crippen LogP contribution in [0.15, 0.2) is 29.3 Å². The van der Waals surface area contributed by atoms with Gasteiger partial charge >= 0.3 is 5.97 Å². The third kappa shape index (κ3) is 6.34. The Labute approximate surface area is 198 Å². The minimum atomic E-state index is -0.663. The number of nitrogens with zero attached hydrogens (tertiary/aromatic N) is 2. The summed E-state index contributed by atoms with van der Waals surface area (Å²) in [4.78, 5) is 36.4. The van der Waals surface area contributed by atoms with E-state index >= 15 is 0 Å². The number of amides is 1. The van der Waals surface area contributed by atoms with Crippen molar-refractivity contribution in [2.24, 2.45) is 22.2 Å². The van der Waals surface area contributed by atoms with Gasteiger partial charge in [-0.05, 0) is 68.6 Å². The average molecular weight is 457 g/mol. The van der Waals surface area contributed by atoms with Crippen molar-refractivity contribution < 1.29 is 14.4 Å². The summed E-state index contributed by atoms with van der Waals surface area (Å²) < 4.78 is 0. The van der Waals surface area contributed by atoms with Crippen LogP contribution in [0.4, 0.5) is 0 Å². The summed E-state index contributed by atoms with van der Waals surface area (Å²) in [6.07, 6.45) is 8.02. The molecule has 0 aromatic heterocycles. The Hall–Kier alpha value is -2.41. The molecule has 1 atom stereocenters. The van der Waals surface area contributed by atoms with Crippen LogP contribution in [0.25, 0.3) is 0 Å². The normalized spacial score (nSPS) is 19.9. The van der Waals surface area contributed by atoms with Crippen LogP contribution in [0.3, 0.4) is 0 Å². The molecule has 2 aliphatic rings. The van der Waals surface area contributed by atoms with Gasteiger partial charge in [-0.15, -0.1) is 0 Å². The maximum absolute atomic E-state index is 13.6. The fraction of sp³-hybridized carbons (Fsp3) is 0.654. The summed E-state index contributed by atoms with van der Waals surface area (Å²) in [6, 6.07) is 7.01. The molecule has 33 heavy (non-hydrogen) atoms. The Balaban J connectivity index is 1.82. The van der Waals surface area contributed by atoms with E-state index in [-0.39, 0.29) is 17.4 Å². The van der Waals surface area contributed by atoms with Gasteiger partial charge in [-0.2, -0.15) is 5.90 Å². The number of aliphatic imine (C=N–C) groups is 1. The number of rotatable bonds is 7. The molecule has 1 aliphatic carbocycles. The van der Waals surface area contributed by atoms with Crippen LogP contribution in [0, 0.1) is 11.3 Å². The number of carbonyl (C=O) groups excluding carboxylic acids is 2. The molecule has 1 aromatic rings. The van der Waals surface area contributed by atoms with E-state index in [1.807, 2.05) is 30.9 Å². The quantitative estimate of drug-likeness (QED) is 0.578. The summed E-state index contributed by atoms with van der Waals surface area (Å²) in [5, 5.41) is 3.38. The van der Waals surface area contributed by atoms with Crippen molar-refractivity contribution in [2.45, 2.75) is 91.3 Å². The Bertz CT molecular complexity index is 865. The SMILES string of the molecule is CC(C)(C)CC[C@H](c1ccc(C(=O)ON)cc1)N1C(=O)C(NCC2CCCCC2)=NC1(C)C. The molecule has 0 saturated heterocycles. The third-order valence-electron chi connectivity index (χ3n) is 6.80. The number of hydrogen-bond acceptors (Lipinski definition) is 6. The fourth-order valence-corrected chi connectivity index (χ4v) is 4.93. The molecule has 1 aromatic carbocycles. The monoisotopic (exact) mass is 456 g/mol. The molecule has 1 heterocycles. The van der Waals surface area contributed by atoms with E-state index in [1.165, 1.54) is 32.1 Å². The molecular formula is C26H40N4O3. The molecule has 0 radical (unpaired) electrons. The number of amidine groups is 1. The van der Waals surface area contributed by atoms with Gasteiger partial charge in [0.1, 0.15) is 5.66 Å². The van der Waals surface area contributed by atoms with Crippen LogP contribution < -0.4 is 11.2 Å².